The van der Waals surface area contributed by atoms with E-state index in [9.17, 15) is 18.0 Å². The molecule has 0 aromatic carbocycles. The topological polar surface area (TPSA) is 59.4 Å². The number of piperazine rings is 1. The SMILES string of the molecule is N#CC1CN(C(=O)CNCC(F)(F)F)CCN1C1CC1. The maximum atomic E-state index is 12.0. The van der Waals surface area contributed by atoms with Crippen molar-refractivity contribution < 1.29 is 18.0 Å². The summed E-state index contributed by atoms with van der Waals surface area (Å²) in [7, 11) is 0. The smallest absolute Gasteiger partial charge is 0.338 e. The molecule has 0 aromatic heterocycles. The molecular formula is C12H17F3N4O. The lowest BCUT2D eigenvalue weighted by Gasteiger charge is -2.38. The molecule has 1 heterocycles. The van der Waals surface area contributed by atoms with Crippen LogP contribution in [0.25, 0.3) is 0 Å². The Kier molecular flexibility index (Phi) is 4.50. The van der Waals surface area contributed by atoms with Gasteiger partial charge >= 0.3 is 6.18 Å². The van der Waals surface area contributed by atoms with Crippen LogP contribution in [0.2, 0.25) is 0 Å². The van der Waals surface area contributed by atoms with E-state index in [2.05, 4.69) is 16.3 Å². The van der Waals surface area contributed by atoms with Crippen LogP contribution >= 0.6 is 0 Å². The molecule has 0 bridgehead atoms. The monoisotopic (exact) mass is 290 g/mol. The van der Waals surface area contributed by atoms with Crippen LogP contribution in [0, 0.1) is 11.3 Å². The molecule has 5 nitrogen and oxygen atoms in total. The van der Waals surface area contributed by atoms with Crippen molar-refractivity contribution in [2.45, 2.75) is 31.1 Å². The molecule has 1 N–H and O–H groups in total. The standard InChI is InChI=1S/C12H17F3N4O/c13-12(14,15)8-17-6-11(20)18-3-4-19(9-1-2-9)10(5-16)7-18/h9-10,17H,1-4,6-8H2. The van der Waals surface area contributed by atoms with Crippen molar-refractivity contribution >= 4 is 5.91 Å². The number of alkyl halides is 3. The van der Waals surface area contributed by atoms with Crippen molar-refractivity contribution in [1.82, 2.24) is 15.1 Å². The normalized spacial score (nSPS) is 24.5. The number of hydrogen-bond donors (Lipinski definition) is 1. The summed E-state index contributed by atoms with van der Waals surface area (Å²) >= 11 is 0. The summed E-state index contributed by atoms with van der Waals surface area (Å²) in [5.41, 5.74) is 0. The third kappa shape index (κ3) is 4.08. The van der Waals surface area contributed by atoms with Crippen molar-refractivity contribution in [2.75, 3.05) is 32.7 Å². The van der Waals surface area contributed by atoms with E-state index in [0.29, 0.717) is 19.1 Å². The Morgan fingerprint density at radius 3 is 2.60 bits per heavy atom. The van der Waals surface area contributed by atoms with Gasteiger partial charge in [0.25, 0.3) is 0 Å². The molecule has 8 heteroatoms. The Morgan fingerprint density at radius 1 is 1.35 bits per heavy atom. The zero-order chi connectivity index (χ0) is 14.8. The van der Waals surface area contributed by atoms with Gasteiger partial charge in [0, 0.05) is 25.7 Å². The molecule has 1 saturated heterocycles. The van der Waals surface area contributed by atoms with Crippen molar-refractivity contribution in [2.24, 2.45) is 0 Å². The molecule has 1 atom stereocenters. The average molecular weight is 290 g/mol. The highest BCUT2D eigenvalue weighted by molar-refractivity contribution is 5.78. The fraction of sp³-hybridized carbons (Fsp3) is 0.833. The Labute approximate surface area is 115 Å². The minimum atomic E-state index is -4.32. The summed E-state index contributed by atoms with van der Waals surface area (Å²) in [4.78, 5) is 15.4. The van der Waals surface area contributed by atoms with E-state index in [1.807, 2.05) is 0 Å². The van der Waals surface area contributed by atoms with Gasteiger partial charge in [-0.15, -0.1) is 0 Å². The lowest BCUT2D eigenvalue weighted by atomic mass is 10.1. The molecule has 2 aliphatic rings. The molecule has 20 heavy (non-hydrogen) atoms. The van der Waals surface area contributed by atoms with E-state index in [1.165, 1.54) is 4.90 Å². The molecule has 2 fully saturated rings. The first-order valence-electron chi connectivity index (χ1n) is 6.61. The molecule has 0 radical (unpaired) electrons. The Balaban J connectivity index is 1.78. The molecule has 1 unspecified atom stereocenters. The molecule has 0 aromatic rings. The number of amides is 1. The first-order chi connectivity index (χ1) is 9.40. The Hall–Kier alpha value is -1.33. The fourth-order valence-electron chi connectivity index (χ4n) is 2.40. The molecule has 112 valence electrons. The van der Waals surface area contributed by atoms with E-state index < -0.39 is 12.7 Å². The number of rotatable bonds is 4. The molecule has 1 aliphatic carbocycles. The highest BCUT2D eigenvalue weighted by Gasteiger charge is 2.38. The van der Waals surface area contributed by atoms with E-state index in [0.717, 1.165) is 12.8 Å². The number of halogens is 3. The minimum Gasteiger partial charge on any atom is -0.338 e. The lowest BCUT2D eigenvalue weighted by molar-refractivity contribution is -0.136. The van der Waals surface area contributed by atoms with Crippen LogP contribution < -0.4 is 5.32 Å². The highest BCUT2D eigenvalue weighted by Crippen LogP contribution is 2.30. The van der Waals surface area contributed by atoms with E-state index in [4.69, 9.17) is 5.26 Å². The number of hydrogen-bond acceptors (Lipinski definition) is 4. The van der Waals surface area contributed by atoms with Crippen molar-refractivity contribution in [3.63, 3.8) is 0 Å². The van der Waals surface area contributed by atoms with Gasteiger partial charge in [-0.05, 0) is 12.8 Å². The van der Waals surface area contributed by atoms with Crippen LogP contribution in [0.1, 0.15) is 12.8 Å². The summed E-state index contributed by atoms with van der Waals surface area (Å²) < 4.78 is 35.9. The zero-order valence-corrected chi connectivity index (χ0v) is 11.0. The van der Waals surface area contributed by atoms with Crippen LogP contribution in [-0.4, -0.2) is 66.7 Å². The van der Waals surface area contributed by atoms with Gasteiger partial charge in [0.2, 0.25) is 5.91 Å². The molecule has 2 rings (SSSR count). The second kappa shape index (κ2) is 5.97. The number of carbonyl (C=O) groups is 1. The minimum absolute atomic E-state index is 0.277. The maximum absolute atomic E-state index is 12.0. The first-order valence-corrected chi connectivity index (χ1v) is 6.61. The lowest BCUT2D eigenvalue weighted by Crippen LogP contribution is -2.56. The van der Waals surface area contributed by atoms with Crippen LogP contribution in [0.4, 0.5) is 13.2 Å². The van der Waals surface area contributed by atoms with Gasteiger partial charge in [0.15, 0.2) is 0 Å². The predicted molar refractivity (Wildman–Crippen MR) is 64.6 cm³/mol. The molecule has 1 amide bonds. The van der Waals surface area contributed by atoms with Gasteiger partial charge in [-0.25, -0.2) is 0 Å². The summed E-state index contributed by atoms with van der Waals surface area (Å²) in [6.45, 7) is -0.155. The number of carbonyl (C=O) groups excluding carboxylic acids is 1. The molecule has 1 aliphatic heterocycles. The summed E-state index contributed by atoms with van der Waals surface area (Å²) in [6.07, 6.45) is -2.15. The Bertz CT molecular complexity index is 402. The second-order valence-electron chi connectivity index (χ2n) is 5.17. The van der Waals surface area contributed by atoms with Gasteiger partial charge in [-0.1, -0.05) is 0 Å². The summed E-state index contributed by atoms with van der Waals surface area (Å²) in [5, 5.41) is 11.2. The number of nitrogens with one attached hydrogen (secondary N) is 1. The van der Waals surface area contributed by atoms with Crippen molar-refractivity contribution in [1.29, 1.82) is 5.26 Å². The third-order valence-electron chi connectivity index (χ3n) is 3.54. The van der Waals surface area contributed by atoms with Gasteiger partial charge in [0.05, 0.1) is 19.2 Å². The Morgan fingerprint density at radius 2 is 2.05 bits per heavy atom. The third-order valence-corrected chi connectivity index (χ3v) is 3.54. The molecule has 0 spiro atoms. The van der Waals surface area contributed by atoms with Gasteiger partial charge in [-0.2, -0.15) is 18.4 Å². The van der Waals surface area contributed by atoms with Gasteiger partial charge in [0.1, 0.15) is 6.04 Å². The maximum Gasteiger partial charge on any atom is 0.401 e. The van der Waals surface area contributed by atoms with E-state index >= 15 is 0 Å². The average Bonchev–Trinajstić information content (AvgIpc) is 3.20. The summed E-state index contributed by atoms with van der Waals surface area (Å²) in [5.74, 6) is -0.384. The van der Waals surface area contributed by atoms with Gasteiger partial charge in [-0.3, -0.25) is 9.69 Å². The fourth-order valence-corrected chi connectivity index (χ4v) is 2.40. The highest BCUT2D eigenvalue weighted by atomic mass is 19.4. The van der Waals surface area contributed by atoms with Crippen LogP contribution in [0.5, 0.6) is 0 Å². The van der Waals surface area contributed by atoms with E-state index in [-0.39, 0.29) is 25.0 Å². The van der Waals surface area contributed by atoms with E-state index in [1.54, 1.807) is 0 Å². The second-order valence-corrected chi connectivity index (χ2v) is 5.17. The van der Waals surface area contributed by atoms with Crippen LogP contribution in [-0.2, 0) is 4.79 Å². The van der Waals surface area contributed by atoms with Crippen LogP contribution in [0.15, 0.2) is 0 Å². The number of nitriles is 1. The first kappa shape index (κ1) is 15.1. The largest absolute Gasteiger partial charge is 0.401 e. The van der Waals surface area contributed by atoms with Crippen molar-refractivity contribution in [3.8, 4) is 6.07 Å². The van der Waals surface area contributed by atoms with Crippen molar-refractivity contribution in [3.05, 3.63) is 0 Å². The molecule has 1 saturated carbocycles. The van der Waals surface area contributed by atoms with Gasteiger partial charge < -0.3 is 10.2 Å². The summed E-state index contributed by atoms with van der Waals surface area (Å²) in [6, 6.07) is 2.27. The number of nitrogens with zero attached hydrogens (tertiary/aromatic N) is 3. The molecular weight excluding hydrogens is 273 g/mol. The van der Waals surface area contributed by atoms with Crippen LogP contribution in [0.3, 0.4) is 0 Å². The zero-order valence-electron chi connectivity index (χ0n) is 11.0. The predicted octanol–water partition coefficient (Wildman–Crippen LogP) is 0.337. The quantitative estimate of drug-likeness (QED) is 0.811.